The van der Waals surface area contributed by atoms with Gasteiger partial charge < -0.3 is 16.0 Å². The molecular formula is C10H17N5O. The van der Waals surface area contributed by atoms with Gasteiger partial charge in [-0.05, 0) is 13.8 Å². The van der Waals surface area contributed by atoms with Crippen molar-refractivity contribution in [1.82, 2.24) is 15.3 Å². The van der Waals surface area contributed by atoms with Gasteiger partial charge in [0.05, 0.1) is 6.54 Å². The first-order chi connectivity index (χ1) is 7.69. The molecule has 0 aliphatic heterocycles. The molecule has 1 heterocycles. The van der Waals surface area contributed by atoms with E-state index in [9.17, 15) is 4.79 Å². The molecule has 1 rings (SSSR count). The van der Waals surface area contributed by atoms with E-state index < -0.39 is 0 Å². The van der Waals surface area contributed by atoms with Crippen molar-refractivity contribution in [2.24, 2.45) is 0 Å². The smallest absolute Gasteiger partial charge is 0.239 e. The third-order valence-electron chi connectivity index (χ3n) is 2.10. The molecule has 0 spiro atoms. The minimum absolute atomic E-state index is 0.0468. The third-order valence-corrected chi connectivity index (χ3v) is 2.10. The predicted octanol–water partition coefficient (Wildman–Crippen LogP) is 0.0212. The van der Waals surface area contributed by atoms with Crippen LogP contribution in [-0.2, 0) is 4.79 Å². The zero-order valence-corrected chi connectivity index (χ0v) is 9.60. The number of nitrogens with two attached hydrogens (primary N) is 1. The van der Waals surface area contributed by atoms with Crippen LogP contribution in [-0.4, -0.2) is 35.5 Å². The van der Waals surface area contributed by atoms with Crippen molar-refractivity contribution >= 4 is 17.5 Å². The van der Waals surface area contributed by atoms with Crippen LogP contribution in [0.1, 0.15) is 13.8 Å². The Morgan fingerprint density at radius 2 is 2.12 bits per heavy atom. The second-order valence-electron chi connectivity index (χ2n) is 3.23. The summed E-state index contributed by atoms with van der Waals surface area (Å²) < 4.78 is 0. The lowest BCUT2D eigenvalue weighted by Crippen LogP contribution is -2.37. The molecule has 88 valence electrons. The fourth-order valence-electron chi connectivity index (χ4n) is 1.35. The molecule has 0 unspecified atom stereocenters. The number of hydrogen-bond donors (Lipinski definition) is 2. The van der Waals surface area contributed by atoms with E-state index in [0.29, 0.717) is 24.7 Å². The van der Waals surface area contributed by atoms with Gasteiger partial charge >= 0.3 is 0 Å². The molecule has 1 aromatic rings. The number of likely N-dealkylation sites (N-methyl/N-ethyl adjacent to an activating group) is 2. The first-order valence-corrected chi connectivity index (χ1v) is 5.27. The normalized spacial score (nSPS) is 9.88. The molecule has 6 nitrogen and oxygen atoms in total. The first kappa shape index (κ1) is 12.2. The zero-order valence-electron chi connectivity index (χ0n) is 9.60. The number of nitrogen functional groups attached to an aromatic ring is 1. The molecule has 0 atom stereocenters. The predicted molar refractivity (Wildman–Crippen MR) is 63.0 cm³/mol. The van der Waals surface area contributed by atoms with Crippen LogP contribution in [0.3, 0.4) is 0 Å². The maximum absolute atomic E-state index is 11.5. The van der Waals surface area contributed by atoms with Crippen LogP contribution in [0.4, 0.5) is 11.6 Å². The Morgan fingerprint density at radius 3 is 2.69 bits per heavy atom. The van der Waals surface area contributed by atoms with Crippen molar-refractivity contribution in [2.45, 2.75) is 13.8 Å². The second kappa shape index (κ2) is 5.89. The Kier molecular flexibility index (Phi) is 4.50. The lowest BCUT2D eigenvalue weighted by atomic mass is 10.4. The quantitative estimate of drug-likeness (QED) is 0.735. The van der Waals surface area contributed by atoms with Crippen LogP contribution < -0.4 is 16.0 Å². The largest absolute Gasteiger partial charge is 0.381 e. The number of hydrogen-bond acceptors (Lipinski definition) is 5. The minimum atomic E-state index is -0.0468. The molecule has 0 saturated heterocycles. The van der Waals surface area contributed by atoms with Gasteiger partial charge in [0.1, 0.15) is 0 Å². The Labute approximate surface area is 94.9 Å². The average Bonchev–Trinajstić information content (AvgIpc) is 2.27. The van der Waals surface area contributed by atoms with Gasteiger partial charge in [0.2, 0.25) is 5.91 Å². The Bertz CT molecular complexity index is 355. The maximum atomic E-state index is 11.5. The third kappa shape index (κ3) is 3.08. The summed E-state index contributed by atoms with van der Waals surface area (Å²) in [5, 5.41) is 2.73. The second-order valence-corrected chi connectivity index (χ2v) is 3.23. The molecule has 0 aliphatic carbocycles. The molecule has 6 heteroatoms. The highest BCUT2D eigenvalue weighted by atomic mass is 16.2. The number of amides is 1. The van der Waals surface area contributed by atoms with Crippen LogP contribution in [0.25, 0.3) is 0 Å². The van der Waals surface area contributed by atoms with E-state index in [2.05, 4.69) is 15.3 Å². The Balaban J connectivity index is 2.75. The number of carbonyl (C=O) groups excluding carboxylic acids is 1. The van der Waals surface area contributed by atoms with Crippen LogP contribution in [0, 0.1) is 0 Å². The standard InChI is InChI=1S/C10H17N5O/c1-3-12-8(16)7-15(4-2)10-9(11)13-5-6-14-10/h5-6H,3-4,7H2,1-2H3,(H2,11,13)(H,12,16). The van der Waals surface area contributed by atoms with Crippen LogP contribution in [0.15, 0.2) is 12.4 Å². The highest BCUT2D eigenvalue weighted by molar-refractivity contribution is 5.81. The van der Waals surface area contributed by atoms with Gasteiger partial charge in [-0.2, -0.15) is 0 Å². The molecule has 1 amide bonds. The van der Waals surface area contributed by atoms with Crippen molar-refractivity contribution in [1.29, 1.82) is 0 Å². The number of aromatic nitrogens is 2. The van der Waals surface area contributed by atoms with Crippen molar-refractivity contribution in [3.05, 3.63) is 12.4 Å². The molecule has 0 fully saturated rings. The van der Waals surface area contributed by atoms with Crippen molar-refractivity contribution in [2.75, 3.05) is 30.3 Å². The molecule has 0 radical (unpaired) electrons. The van der Waals surface area contributed by atoms with Gasteiger partial charge in [-0.3, -0.25) is 4.79 Å². The van der Waals surface area contributed by atoms with Gasteiger partial charge in [-0.25, -0.2) is 9.97 Å². The van der Waals surface area contributed by atoms with E-state index in [1.54, 1.807) is 11.1 Å². The molecular weight excluding hydrogens is 206 g/mol. The number of anilines is 2. The lowest BCUT2D eigenvalue weighted by molar-refractivity contribution is -0.119. The summed E-state index contributed by atoms with van der Waals surface area (Å²) in [5.74, 6) is 0.847. The van der Waals surface area contributed by atoms with E-state index in [1.807, 2.05) is 13.8 Å². The van der Waals surface area contributed by atoms with Crippen molar-refractivity contribution in [3.63, 3.8) is 0 Å². The molecule has 3 N–H and O–H groups in total. The summed E-state index contributed by atoms with van der Waals surface area (Å²) in [5.41, 5.74) is 5.70. The summed E-state index contributed by atoms with van der Waals surface area (Å²) in [6.45, 7) is 5.33. The van der Waals surface area contributed by atoms with E-state index in [-0.39, 0.29) is 12.5 Å². The SMILES string of the molecule is CCNC(=O)CN(CC)c1nccnc1N. The summed E-state index contributed by atoms with van der Waals surface area (Å²) in [6, 6.07) is 0. The topological polar surface area (TPSA) is 84.1 Å². The van der Waals surface area contributed by atoms with Gasteiger partial charge in [0.15, 0.2) is 11.6 Å². The Morgan fingerprint density at radius 1 is 1.44 bits per heavy atom. The van der Waals surface area contributed by atoms with Gasteiger partial charge in [-0.15, -0.1) is 0 Å². The first-order valence-electron chi connectivity index (χ1n) is 5.27. The number of carbonyl (C=O) groups is 1. The van der Waals surface area contributed by atoms with Crippen LogP contribution in [0.2, 0.25) is 0 Å². The van der Waals surface area contributed by atoms with Gasteiger partial charge in [-0.1, -0.05) is 0 Å². The van der Waals surface area contributed by atoms with Crippen molar-refractivity contribution in [3.8, 4) is 0 Å². The van der Waals surface area contributed by atoms with Gasteiger partial charge in [0.25, 0.3) is 0 Å². The van der Waals surface area contributed by atoms with E-state index in [1.165, 1.54) is 6.20 Å². The summed E-state index contributed by atoms with van der Waals surface area (Å²) in [7, 11) is 0. The van der Waals surface area contributed by atoms with Crippen LogP contribution >= 0.6 is 0 Å². The minimum Gasteiger partial charge on any atom is -0.381 e. The summed E-state index contributed by atoms with van der Waals surface area (Å²) >= 11 is 0. The van der Waals surface area contributed by atoms with Crippen molar-refractivity contribution < 1.29 is 4.79 Å². The zero-order chi connectivity index (χ0) is 12.0. The monoisotopic (exact) mass is 223 g/mol. The number of nitrogens with one attached hydrogen (secondary N) is 1. The van der Waals surface area contributed by atoms with E-state index in [4.69, 9.17) is 5.73 Å². The highest BCUT2D eigenvalue weighted by Crippen LogP contribution is 2.15. The fourth-order valence-corrected chi connectivity index (χ4v) is 1.35. The number of nitrogens with zero attached hydrogens (tertiary/aromatic N) is 3. The fraction of sp³-hybridized carbons (Fsp3) is 0.500. The molecule has 16 heavy (non-hydrogen) atoms. The van der Waals surface area contributed by atoms with E-state index >= 15 is 0 Å². The Hall–Kier alpha value is -1.85. The lowest BCUT2D eigenvalue weighted by Gasteiger charge is -2.21. The molecule has 0 saturated carbocycles. The highest BCUT2D eigenvalue weighted by Gasteiger charge is 2.13. The average molecular weight is 223 g/mol. The number of rotatable bonds is 5. The van der Waals surface area contributed by atoms with E-state index in [0.717, 1.165) is 0 Å². The summed E-state index contributed by atoms with van der Waals surface area (Å²) in [4.78, 5) is 21.3. The van der Waals surface area contributed by atoms with Crippen LogP contribution in [0.5, 0.6) is 0 Å². The molecule has 0 bridgehead atoms. The molecule has 1 aromatic heterocycles. The maximum Gasteiger partial charge on any atom is 0.239 e. The molecule has 0 aromatic carbocycles. The molecule has 0 aliphatic rings. The summed E-state index contributed by atoms with van der Waals surface area (Å²) in [6.07, 6.45) is 3.09. The van der Waals surface area contributed by atoms with Gasteiger partial charge in [0, 0.05) is 25.5 Å².